The largest absolute Gasteiger partial charge is 0.493 e. The van der Waals surface area contributed by atoms with Gasteiger partial charge in [-0.25, -0.2) is 0 Å². The molecule has 6 heteroatoms. The van der Waals surface area contributed by atoms with E-state index in [2.05, 4.69) is 0 Å². The van der Waals surface area contributed by atoms with E-state index < -0.39 is 0 Å². The number of aliphatic hydroxyl groups is 1. The molecule has 0 fully saturated rings. The van der Waals surface area contributed by atoms with Gasteiger partial charge in [0.05, 0.1) is 27.4 Å². The van der Waals surface area contributed by atoms with Gasteiger partial charge in [-0.15, -0.1) is 0 Å². The van der Waals surface area contributed by atoms with Gasteiger partial charge in [0, 0.05) is 13.7 Å². The van der Waals surface area contributed by atoms with E-state index in [1.807, 2.05) is 12.1 Å². The third-order valence-electron chi connectivity index (χ3n) is 2.86. The summed E-state index contributed by atoms with van der Waals surface area (Å²) in [5.74, 6) is 1.67. The molecule has 6 nitrogen and oxygen atoms in total. The van der Waals surface area contributed by atoms with Crippen LogP contribution in [0.4, 0.5) is 0 Å². The Hall–Kier alpha value is -1.50. The molecule has 0 heterocycles. The molecule has 0 atom stereocenters. The highest BCUT2D eigenvalue weighted by atomic mass is 16.7. The molecule has 120 valence electrons. The predicted octanol–water partition coefficient (Wildman–Crippen LogP) is 1.63. The van der Waals surface area contributed by atoms with Crippen molar-refractivity contribution in [2.24, 2.45) is 0 Å². The van der Waals surface area contributed by atoms with E-state index >= 15 is 0 Å². The third kappa shape index (κ3) is 5.79. The number of methoxy groups -OCH3 is 3. The fourth-order valence-corrected chi connectivity index (χ4v) is 1.81. The van der Waals surface area contributed by atoms with Gasteiger partial charge < -0.3 is 28.8 Å². The van der Waals surface area contributed by atoms with Gasteiger partial charge in [0.15, 0.2) is 18.3 Å². The molecule has 21 heavy (non-hydrogen) atoms. The molecule has 0 spiro atoms. The fourth-order valence-electron chi connectivity index (χ4n) is 1.81. The topological polar surface area (TPSA) is 66.4 Å². The normalized spacial score (nSPS) is 10.5. The first-order valence-corrected chi connectivity index (χ1v) is 6.82. The van der Waals surface area contributed by atoms with Crippen LogP contribution < -0.4 is 14.2 Å². The standard InChI is InChI=1S/C15H24O6/c1-17-7-8-20-11-21-15-13(18-2)9-12(5-4-6-16)10-14(15)19-3/h9-10,16H,4-8,11H2,1-3H3. The molecule has 0 aliphatic heterocycles. The lowest BCUT2D eigenvalue weighted by molar-refractivity contribution is -0.0105. The Balaban J connectivity index is 2.75. The molecular weight excluding hydrogens is 276 g/mol. The summed E-state index contributed by atoms with van der Waals surface area (Å²) >= 11 is 0. The summed E-state index contributed by atoms with van der Waals surface area (Å²) in [5.41, 5.74) is 1.02. The van der Waals surface area contributed by atoms with Crippen LogP contribution >= 0.6 is 0 Å². The van der Waals surface area contributed by atoms with Gasteiger partial charge in [0.25, 0.3) is 0 Å². The van der Waals surface area contributed by atoms with Crippen molar-refractivity contribution < 1.29 is 28.8 Å². The van der Waals surface area contributed by atoms with E-state index in [-0.39, 0.29) is 13.4 Å². The molecule has 1 N–H and O–H groups in total. The summed E-state index contributed by atoms with van der Waals surface area (Å²) < 4.78 is 26.4. The molecule has 1 rings (SSSR count). The van der Waals surface area contributed by atoms with Crippen molar-refractivity contribution in [3.8, 4) is 17.2 Å². The molecule has 0 saturated heterocycles. The number of ether oxygens (including phenoxy) is 5. The third-order valence-corrected chi connectivity index (χ3v) is 2.86. The molecule has 0 amide bonds. The Morgan fingerprint density at radius 1 is 1.00 bits per heavy atom. The van der Waals surface area contributed by atoms with Gasteiger partial charge in [0.1, 0.15) is 0 Å². The van der Waals surface area contributed by atoms with Crippen molar-refractivity contribution in [2.75, 3.05) is 47.9 Å². The van der Waals surface area contributed by atoms with Crippen LogP contribution in [0.3, 0.4) is 0 Å². The van der Waals surface area contributed by atoms with Gasteiger partial charge >= 0.3 is 0 Å². The second kappa shape index (κ2) is 10.3. The predicted molar refractivity (Wildman–Crippen MR) is 78.3 cm³/mol. The molecular formula is C15H24O6. The minimum absolute atomic E-state index is 0.0894. The average molecular weight is 300 g/mol. The summed E-state index contributed by atoms with van der Waals surface area (Å²) in [6, 6.07) is 3.76. The Kier molecular flexibility index (Phi) is 8.57. The quantitative estimate of drug-likeness (QED) is 0.495. The maximum atomic E-state index is 8.91. The summed E-state index contributed by atoms with van der Waals surface area (Å²) in [6.45, 7) is 1.20. The van der Waals surface area contributed by atoms with Crippen LogP contribution in [0.1, 0.15) is 12.0 Å². The van der Waals surface area contributed by atoms with E-state index in [0.29, 0.717) is 36.9 Å². The molecule has 1 aromatic rings. The van der Waals surface area contributed by atoms with Gasteiger partial charge in [0.2, 0.25) is 5.75 Å². The summed E-state index contributed by atoms with van der Waals surface area (Å²) in [6.07, 6.45) is 1.43. The number of rotatable bonds is 11. The zero-order valence-corrected chi connectivity index (χ0v) is 12.9. The first-order chi connectivity index (χ1) is 10.3. The lowest BCUT2D eigenvalue weighted by Gasteiger charge is -2.16. The number of aryl methyl sites for hydroxylation is 1. The Bertz CT molecular complexity index is 382. The van der Waals surface area contributed by atoms with Gasteiger partial charge in [-0.1, -0.05) is 0 Å². The molecule has 0 saturated carbocycles. The lowest BCUT2D eigenvalue weighted by Crippen LogP contribution is -2.09. The zero-order chi connectivity index (χ0) is 15.5. The average Bonchev–Trinajstić information content (AvgIpc) is 2.52. The minimum atomic E-state index is 0.0894. The summed E-state index contributed by atoms with van der Waals surface area (Å²) in [5, 5.41) is 8.91. The summed E-state index contributed by atoms with van der Waals surface area (Å²) in [4.78, 5) is 0. The smallest absolute Gasteiger partial charge is 0.206 e. The Labute approximate surface area is 125 Å². The van der Waals surface area contributed by atoms with Crippen LogP contribution in [0.5, 0.6) is 17.2 Å². The first kappa shape index (κ1) is 17.6. The maximum Gasteiger partial charge on any atom is 0.206 e. The van der Waals surface area contributed by atoms with Crippen molar-refractivity contribution >= 4 is 0 Å². The Morgan fingerprint density at radius 3 is 2.19 bits per heavy atom. The van der Waals surface area contributed by atoms with Crippen LogP contribution in [0, 0.1) is 0 Å². The SMILES string of the molecule is COCCOCOc1c(OC)cc(CCCO)cc1OC. The molecule has 1 aromatic carbocycles. The molecule has 0 radical (unpaired) electrons. The Morgan fingerprint density at radius 2 is 1.67 bits per heavy atom. The van der Waals surface area contributed by atoms with E-state index in [1.165, 1.54) is 0 Å². The van der Waals surface area contributed by atoms with Gasteiger partial charge in [-0.05, 0) is 30.5 Å². The number of aliphatic hydroxyl groups excluding tert-OH is 1. The van der Waals surface area contributed by atoms with Crippen molar-refractivity contribution in [1.82, 2.24) is 0 Å². The van der Waals surface area contributed by atoms with E-state index in [1.54, 1.807) is 21.3 Å². The zero-order valence-electron chi connectivity index (χ0n) is 12.9. The number of benzene rings is 1. The van der Waals surface area contributed by atoms with Gasteiger partial charge in [-0.2, -0.15) is 0 Å². The summed E-state index contributed by atoms with van der Waals surface area (Å²) in [7, 11) is 4.76. The second-order valence-electron chi connectivity index (χ2n) is 4.32. The second-order valence-corrected chi connectivity index (χ2v) is 4.32. The monoisotopic (exact) mass is 300 g/mol. The minimum Gasteiger partial charge on any atom is -0.493 e. The van der Waals surface area contributed by atoms with Crippen LogP contribution in [0.2, 0.25) is 0 Å². The van der Waals surface area contributed by atoms with E-state index in [4.69, 9.17) is 28.8 Å². The van der Waals surface area contributed by atoms with Crippen LogP contribution in [0.25, 0.3) is 0 Å². The van der Waals surface area contributed by atoms with Crippen LogP contribution in [-0.2, 0) is 15.9 Å². The van der Waals surface area contributed by atoms with Crippen LogP contribution in [-0.4, -0.2) is 53.0 Å². The molecule has 0 aliphatic rings. The van der Waals surface area contributed by atoms with Crippen molar-refractivity contribution in [2.45, 2.75) is 12.8 Å². The highest BCUT2D eigenvalue weighted by Crippen LogP contribution is 2.38. The van der Waals surface area contributed by atoms with E-state index in [0.717, 1.165) is 12.0 Å². The number of hydrogen-bond donors (Lipinski definition) is 1. The molecule has 0 unspecified atom stereocenters. The molecule has 0 aromatic heterocycles. The first-order valence-electron chi connectivity index (χ1n) is 6.82. The number of hydrogen-bond acceptors (Lipinski definition) is 6. The van der Waals surface area contributed by atoms with Gasteiger partial charge in [-0.3, -0.25) is 0 Å². The molecule has 0 bridgehead atoms. The van der Waals surface area contributed by atoms with E-state index in [9.17, 15) is 0 Å². The van der Waals surface area contributed by atoms with Crippen molar-refractivity contribution in [1.29, 1.82) is 0 Å². The van der Waals surface area contributed by atoms with Crippen molar-refractivity contribution in [3.05, 3.63) is 17.7 Å². The lowest BCUT2D eigenvalue weighted by atomic mass is 10.1. The van der Waals surface area contributed by atoms with Crippen LogP contribution in [0.15, 0.2) is 12.1 Å². The maximum absolute atomic E-state index is 8.91. The molecule has 0 aliphatic carbocycles. The van der Waals surface area contributed by atoms with Crippen molar-refractivity contribution in [3.63, 3.8) is 0 Å². The highest BCUT2D eigenvalue weighted by molar-refractivity contribution is 5.53. The fraction of sp³-hybridized carbons (Fsp3) is 0.600. The highest BCUT2D eigenvalue weighted by Gasteiger charge is 2.14.